The number of hydrogen-bond donors (Lipinski definition) is 1. The van der Waals surface area contributed by atoms with E-state index in [1.807, 2.05) is 0 Å². The van der Waals surface area contributed by atoms with Crippen molar-refractivity contribution in [2.75, 3.05) is 0 Å². The van der Waals surface area contributed by atoms with Crippen molar-refractivity contribution < 1.29 is 31.1 Å². The van der Waals surface area contributed by atoms with Crippen LogP contribution in [0.2, 0.25) is 0 Å². The van der Waals surface area contributed by atoms with Gasteiger partial charge in [-0.25, -0.2) is 0 Å². The molecule has 1 amide bonds. The molecule has 0 aliphatic rings. The third kappa shape index (κ3) is 4.47. The van der Waals surface area contributed by atoms with Gasteiger partial charge in [0.15, 0.2) is 0 Å². The van der Waals surface area contributed by atoms with E-state index < -0.39 is 35.0 Å². The average Bonchev–Trinajstić information content (AvgIpc) is 2.95. The molecule has 0 spiro atoms. The predicted octanol–water partition coefficient (Wildman–Crippen LogP) is 4.72. The van der Waals surface area contributed by atoms with Gasteiger partial charge in [0, 0.05) is 12.1 Å². The third-order valence-corrected chi connectivity index (χ3v) is 3.62. The zero-order chi connectivity index (χ0) is 17.3. The second kappa shape index (κ2) is 6.23. The molecule has 0 aliphatic heterocycles. The Hall–Kier alpha value is -2.03. The summed E-state index contributed by atoms with van der Waals surface area (Å²) in [5.41, 5.74) is -3.03. The predicted molar refractivity (Wildman–Crippen MR) is 71.9 cm³/mol. The molecule has 0 atom stereocenters. The van der Waals surface area contributed by atoms with Crippen LogP contribution in [0.5, 0.6) is 0 Å². The van der Waals surface area contributed by atoms with Crippen molar-refractivity contribution in [2.24, 2.45) is 0 Å². The first-order valence-corrected chi connectivity index (χ1v) is 7.10. The summed E-state index contributed by atoms with van der Waals surface area (Å²) in [5.74, 6) is -1.01. The van der Waals surface area contributed by atoms with Crippen LogP contribution >= 0.6 is 11.3 Å². The van der Waals surface area contributed by atoms with Gasteiger partial charge < -0.3 is 5.32 Å². The lowest BCUT2D eigenvalue weighted by atomic mass is 10.0. The molecular weight excluding hydrogens is 344 g/mol. The first kappa shape index (κ1) is 17.3. The van der Waals surface area contributed by atoms with Crippen molar-refractivity contribution in [1.82, 2.24) is 5.32 Å². The highest BCUT2D eigenvalue weighted by atomic mass is 32.1. The monoisotopic (exact) mass is 353 g/mol. The van der Waals surface area contributed by atoms with E-state index >= 15 is 0 Å². The molecule has 0 saturated carbocycles. The van der Waals surface area contributed by atoms with E-state index in [4.69, 9.17) is 0 Å². The number of carbonyl (C=O) groups is 1. The summed E-state index contributed by atoms with van der Waals surface area (Å²) in [6, 6.07) is 2.46. The lowest BCUT2D eigenvalue weighted by molar-refractivity contribution is -0.143. The number of thiophene rings is 1. The lowest BCUT2D eigenvalue weighted by Gasteiger charge is -2.14. The minimum Gasteiger partial charge on any atom is -0.348 e. The largest absolute Gasteiger partial charge is 0.416 e. The minimum absolute atomic E-state index is 0.0138. The second-order valence-electron chi connectivity index (χ2n) is 4.61. The smallest absolute Gasteiger partial charge is 0.348 e. The fourth-order valence-electron chi connectivity index (χ4n) is 1.76. The average molecular weight is 353 g/mol. The van der Waals surface area contributed by atoms with E-state index in [0.717, 1.165) is 0 Å². The summed E-state index contributed by atoms with van der Waals surface area (Å²) in [4.78, 5) is 11.9. The van der Waals surface area contributed by atoms with Crippen LogP contribution in [0.15, 0.2) is 35.0 Å². The summed E-state index contributed by atoms with van der Waals surface area (Å²) in [7, 11) is 0. The molecule has 1 N–H and O–H groups in total. The SMILES string of the molecule is O=C(NCc1ccsc1)c1cc(C(F)(F)F)cc(C(F)(F)F)c1. The molecule has 2 aromatic rings. The van der Waals surface area contributed by atoms with Gasteiger partial charge in [0.2, 0.25) is 0 Å². The van der Waals surface area contributed by atoms with E-state index in [1.165, 1.54) is 11.3 Å². The molecule has 2 nitrogen and oxygen atoms in total. The third-order valence-electron chi connectivity index (χ3n) is 2.88. The molecule has 1 heterocycles. The Morgan fingerprint density at radius 1 is 1.00 bits per heavy atom. The maximum absolute atomic E-state index is 12.7. The number of alkyl halides is 6. The number of nitrogens with one attached hydrogen (secondary N) is 1. The molecule has 0 aliphatic carbocycles. The number of rotatable bonds is 3. The van der Waals surface area contributed by atoms with E-state index in [2.05, 4.69) is 5.32 Å². The number of hydrogen-bond acceptors (Lipinski definition) is 2. The van der Waals surface area contributed by atoms with Crippen LogP contribution < -0.4 is 5.32 Å². The summed E-state index contributed by atoms with van der Waals surface area (Å²) in [6.45, 7) is 0.0138. The Labute approximate surface area is 130 Å². The van der Waals surface area contributed by atoms with Gasteiger partial charge in [0.25, 0.3) is 5.91 Å². The fourth-order valence-corrected chi connectivity index (χ4v) is 2.43. The fraction of sp³-hybridized carbons (Fsp3) is 0.214. The highest BCUT2D eigenvalue weighted by Gasteiger charge is 2.37. The van der Waals surface area contributed by atoms with Gasteiger partial charge in [-0.3, -0.25) is 4.79 Å². The minimum atomic E-state index is -4.98. The molecule has 0 fully saturated rings. The van der Waals surface area contributed by atoms with Crippen LogP contribution in [0.1, 0.15) is 27.0 Å². The van der Waals surface area contributed by atoms with E-state index in [1.54, 1.807) is 16.8 Å². The van der Waals surface area contributed by atoms with Gasteiger partial charge in [-0.1, -0.05) is 0 Å². The van der Waals surface area contributed by atoms with Crippen molar-refractivity contribution in [3.05, 3.63) is 57.3 Å². The standard InChI is InChI=1S/C14H9F6NOS/c15-13(16,17)10-3-9(4-11(5-10)14(18,19)20)12(22)21-6-8-1-2-23-7-8/h1-5,7H,6H2,(H,21,22). The van der Waals surface area contributed by atoms with Gasteiger partial charge >= 0.3 is 12.4 Å². The van der Waals surface area contributed by atoms with Crippen LogP contribution in [0.3, 0.4) is 0 Å². The van der Waals surface area contributed by atoms with Crippen LogP contribution in [0.4, 0.5) is 26.3 Å². The highest BCUT2D eigenvalue weighted by Crippen LogP contribution is 2.36. The van der Waals surface area contributed by atoms with E-state index in [-0.39, 0.29) is 12.6 Å². The number of benzene rings is 1. The molecule has 124 valence electrons. The molecule has 1 aromatic carbocycles. The van der Waals surface area contributed by atoms with Crippen LogP contribution in [-0.4, -0.2) is 5.91 Å². The Balaban J connectivity index is 2.31. The number of halogens is 6. The van der Waals surface area contributed by atoms with Crippen molar-refractivity contribution >= 4 is 17.2 Å². The van der Waals surface area contributed by atoms with Gasteiger partial charge in [0.1, 0.15) is 0 Å². The normalized spacial score (nSPS) is 12.3. The molecule has 1 aromatic heterocycles. The molecule has 0 saturated heterocycles. The molecular formula is C14H9F6NOS. The maximum Gasteiger partial charge on any atom is 0.416 e. The summed E-state index contributed by atoms with van der Waals surface area (Å²) >= 11 is 1.35. The number of amides is 1. The number of carbonyl (C=O) groups excluding carboxylic acids is 1. The van der Waals surface area contributed by atoms with Crippen LogP contribution in [-0.2, 0) is 18.9 Å². The second-order valence-corrected chi connectivity index (χ2v) is 5.39. The van der Waals surface area contributed by atoms with Crippen molar-refractivity contribution in [1.29, 1.82) is 0 Å². The Morgan fingerprint density at radius 3 is 2.00 bits per heavy atom. The Morgan fingerprint density at radius 2 is 1.57 bits per heavy atom. The summed E-state index contributed by atoms with van der Waals surface area (Å²) in [5, 5.41) is 5.72. The molecule has 9 heteroatoms. The molecule has 0 unspecified atom stereocenters. The zero-order valence-electron chi connectivity index (χ0n) is 11.3. The van der Waals surface area contributed by atoms with Crippen molar-refractivity contribution in [3.8, 4) is 0 Å². The Kier molecular flexibility index (Phi) is 4.69. The van der Waals surface area contributed by atoms with E-state index in [0.29, 0.717) is 17.7 Å². The maximum atomic E-state index is 12.7. The van der Waals surface area contributed by atoms with Gasteiger partial charge in [0.05, 0.1) is 11.1 Å². The Bertz CT molecular complexity index is 658. The quantitative estimate of drug-likeness (QED) is 0.795. The highest BCUT2D eigenvalue weighted by molar-refractivity contribution is 7.07. The first-order valence-electron chi connectivity index (χ1n) is 6.16. The van der Waals surface area contributed by atoms with Gasteiger partial charge in [-0.05, 0) is 40.6 Å². The first-order chi connectivity index (χ1) is 10.6. The van der Waals surface area contributed by atoms with Crippen molar-refractivity contribution in [2.45, 2.75) is 18.9 Å². The molecule has 0 radical (unpaired) electrons. The molecule has 0 bridgehead atoms. The summed E-state index contributed by atoms with van der Waals surface area (Å²) in [6.07, 6.45) is -9.96. The lowest BCUT2D eigenvalue weighted by Crippen LogP contribution is -2.24. The van der Waals surface area contributed by atoms with Gasteiger partial charge in [-0.15, -0.1) is 0 Å². The van der Waals surface area contributed by atoms with E-state index in [9.17, 15) is 31.1 Å². The topological polar surface area (TPSA) is 29.1 Å². The van der Waals surface area contributed by atoms with Gasteiger partial charge in [-0.2, -0.15) is 37.7 Å². The summed E-state index contributed by atoms with van der Waals surface area (Å²) < 4.78 is 76.3. The van der Waals surface area contributed by atoms with Crippen LogP contribution in [0.25, 0.3) is 0 Å². The molecule has 2 rings (SSSR count). The van der Waals surface area contributed by atoms with Crippen LogP contribution in [0, 0.1) is 0 Å². The zero-order valence-corrected chi connectivity index (χ0v) is 12.1. The molecule has 23 heavy (non-hydrogen) atoms. The van der Waals surface area contributed by atoms with Crippen molar-refractivity contribution in [3.63, 3.8) is 0 Å².